The van der Waals surface area contributed by atoms with Gasteiger partial charge in [0, 0.05) is 22.7 Å². The number of hydrogen-bond acceptors (Lipinski definition) is 5. The Labute approximate surface area is 168 Å². The average Bonchev–Trinajstić information content (AvgIpc) is 3.33. The van der Waals surface area contributed by atoms with Crippen molar-refractivity contribution in [1.82, 2.24) is 0 Å². The minimum absolute atomic E-state index is 0.0349. The summed E-state index contributed by atoms with van der Waals surface area (Å²) in [7, 11) is 0. The Morgan fingerprint density at radius 3 is 2.54 bits per heavy atom. The molecule has 6 nitrogen and oxygen atoms in total. The average molecular weight is 404 g/mol. The van der Waals surface area contributed by atoms with Crippen LogP contribution in [0.5, 0.6) is 0 Å². The Kier molecular flexibility index (Phi) is 5.21. The van der Waals surface area contributed by atoms with Crippen molar-refractivity contribution in [3.8, 4) is 0 Å². The number of hydrogen-bond donors (Lipinski definition) is 2. The normalized spacial score (nSPS) is 30.8. The van der Waals surface area contributed by atoms with Gasteiger partial charge >= 0.3 is 0 Å². The molecule has 0 radical (unpaired) electrons. The van der Waals surface area contributed by atoms with Crippen LogP contribution in [0.1, 0.15) is 66.2 Å². The van der Waals surface area contributed by atoms with Crippen molar-refractivity contribution in [2.75, 3.05) is 5.32 Å². The topological polar surface area (TPSA) is 112 Å². The molecule has 152 valence electrons. The lowest BCUT2D eigenvalue weighted by Crippen LogP contribution is -2.44. The molecule has 3 aliphatic rings. The van der Waals surface area contributed by atoms with Crippen LogP contribution in [0.4, 0.5) is 5.00 Å². The highest BCUT2D eigenvalue weighted by molar-refractivity contribution is 7.17. The molecule has 3 N–H and O–H groups in total. The van der Waals surface area contributed by atoms with E-state index in [0.29, 0.717) is 16.5 Å². The number of rotatable bonds is 6. The van der Waals surface area contributed by atoms with Crippen molar-refractivity contribution in [1.29, 1.82) is 0 Å². The minimum Gasteiger partial charge on any atom is -0.550 e. The number of carboxylic acids is 1. The number of anilines is 1. The van der Waals surface area contributed by atoms with E-state index in [1.54, 1.807) is 0 Å². The highest BCUT2D eigenvalue weighted by Gasteiger charge is 2.51. The number of nitrogens with one attached hydrogen (secondary N) is 1. The van der Waals surface area contributed by atoms with Gasteiger partial charge in [0.25, 0.3) is 5.91 Å². The Balaban J connectivity index is 1.59. The van der Waals surface area contributed by atoms with Crippen LogP contribution >= 0.6 is 11.3 Å². The van der Waals surface area contributed by atoms with Gasteiger partial charge in [-0.25, -0.2) is 0 Å². The molecule has 2 amide bonds. The van der Waals surface area contributed by atoms with E-state index in [-0.39, 0.29) is 17.7 Å². The largest absolute Gasteiger partial charge is 0.550 e. The van der Waals surface area contributed by atoms with Gasteiger partial charge in [0.2, 0.25) is 5.91 Å². The molecule has 1 heterocycles. The smallest absolute Gasteiger partial charge is 0.251 e. The summed E-state index contributed by atoms with van der Waals surface area (Å²) >= 11 is 1.44. The molecule has 0 aliphatic heterocycles. The van der Waals surface area contributed by atoms with Crippen molar-refractivity contribution in [3.63, 3.8) is 0 Å². The van der Waals surface area contributed by atoms with Crippen molar-refractivity contribution in [2.45, 2.75) is 58.3 Å². The lowest BCUT2D eigenvalue weighted by molar-refractivity contribution is -0.314. The van der Waals surface area contributed by atoms with Gasteiger partial charge in [-0.05, 0) is 61.8 Å². The van der Waals surface area contributed by atoms with Crippen molar-refractivity contribution >= 4 is 34.1 Å². The second-order valence-electron chi connectivity index (χ2n) is 8.66. The van der Waals surface area contributed by atoms with Crippen molar-refractivity contribution < 1.29 is 19.5 Å². The van der Waals surface area contributed by atoms with Gasteiger partial charge in [0.05, 0.1) is 5.56 Å². The second-order valence-corrected chi connectivity index (χ2v) is 9.77. The predicted molar refractivity (Wildman–Crippen MR) is 105 cm³/mol. The number of nitrogens with two attached hydrogens (primary N) is 1. The Bertz CT molecular complexity index is 818. The predicted octanol–water partition coefficient (Wildman–Crippen LogP) is 2.10. The van der Waals surface area contributed by atoms with E-state index in [1.165, 1.54) is 11.3 Å². The first kappa shape index (κ1) is 19.4. The fourth-order valence-electron chi connectivity index (χ4n) is 5.86. The zero-order valence-corrected chi connectivity index (χ0v) is 17.0. The molecule has 2 fully saturated rings. The van der Waals surface area contributed by atoms with Gasteiger partial charge < -0.3 is 21.0 Å². The molecule has 0 unspecified atom stereocenters. The van der Waals surface area contributed by atoms with Gasteiger partial charge in [-0.2, -0.15) is 0 Å². The summed E-state index contributed by atoms with van der Waals surface area (Å²) in [5, 5.41) is 15.0. The third-order valence-electron chi connectivity index (χ3n) is 7.04. The fourth-order valence-corrected chi connectivity index (χ4v) is 7.23. The number of carbonyl (C=O) groups excluding carboxylic acids is 3. The fraction of sp³-hybridized carbons (Fsp3) is 0.667. The minimum atomic E-state index is -1.13. The van der Waals surface area contributed by atoms with E-state index in [1.807, 2.05) is 0 Å². The van der Waals surface area contributed by atoms with Crippen LogP contribution in [-0.2, 0) is 22.4 Å². The molecule has 4 rings (SSSR count). The molecule has 0 spiro atoms. The number of aliphatic carboxylic acids is 1. The van der Waals surface area contributed by atoms with E-state index in [0.717, 1.165) is 61.8 Å². The summed E-state index contributed by atoms with van der Waals surface area (Å²) in [4.78, 5) is 37.9. The Morgan fingerprint density at radius 1 is 1.18 bits per heavy atom. The lowest BCUT2D eigenvalue weighted by Gasteiger charge is -2.30. The van der Waals surface area contributed by atoms with Crippen molar-refractivity contribution in [2.24, 2.45) is 35.3 Å². The molecule has 5 atom stereocenters. The maximum atomic E-state index is 13.0. The quantitative estimate of drug-likeness (QED) is 0.757. The third-order valence-corrected chi connectivity index (χ3v) is 8.21. The summed E-state index contributed by atoms with van der Waals surface area (Å²) in [5.41, 5.74) is 7.06. The van der Waals surface area contributed by atoms with Gasteiger partial charge in [-0.3, -0.25) is 9.59 Å². The zero-order chi connectivity index (χ0) is 20.0. The Morgan fingerprint density at radius 2 is 1.89 bits per heavy atom. The zero-order valence-electron chi connectivity index (χ0n) is 16.2. The number of carboxylic acid groups (broad SMARTS) is 1. The standard InChI is InChI=1S/C21H28N2O4S/c1-2-3-10-4-7-13-14(8-10)28-20(17(13)18(22)24)23-19(25)15-11-5-6-12(9-11)16(15)21(26)27/h10-12,15-16H,2-9H2,1H3,(H2,22,24)(H,23,25)(H,26,27)/p-1/t10-,11+,12-,15+,16-/m0/s1. The third kappa shape index (κ3) is 3.23. The van der Waals surface area contributed by atoms with Crippen LogP contribution in [0.2, 0.25) is 0 Å². The number of thiophene rings is 1. The lowest BCUT2D eigenvalue weighted by atomic mass is 9.78. The van der Waals surface area contributed by atoms with Gasteiger partial charge in [0.1, 0.15) is 5.00 Å². The van der Waals surface area contributed by atoms with E-state index < -0.39 is 23.7 Å². The Hall–Kier alpha value is -1.89. The highest BCUT2D eigenvalue weighted by Crippen LogP contribution is 2.52. The van der Waals surface area contributed by atoms with Gasteiger partial charge in [-0.15, -0.1) is 11.3 Å². The summed E-state index contributed by atoms with van der Waals surface area (Å²) < 4.78 is 0. The highest BCUT2D eigenvalue weighted by atomic mass is 32.1. The van der Waals surface area contributed by atoms with Gasteiger partial charge in [-0.1, -0.05) is 19.8 Å². The first-order valence-electron chi connectivity index (χ1n) is 10.4. The maximum Gasteiger partial charge on any atom is 0.251 e. The molecule has 28 heavy (non-hydrogen) atoms. The summed E-state index contributed by atoms with van der Waals surface area (Å²) in [6.07, 6.45) is 7.56. The summed E-state index contributed by atoms with van der Waals surface area (Å²) in [6, 6.07) is 0. The summed E-state index contributed by atoms with van der Waals surface area (Å²) in [5.74, 6) is -2.51. The molecule has 0 saturated heterocycles. The molecule has 2 saturated carbocycles. The first-order chi connectivity index (χ1) is 13.4. The molecule has 2 bridgehead atoms. The molecule has 1 aromatic heterocycles. The molecule has 0 aromatic carbocycles. The van der Waals surface area contributed by atoms with E-state index >= 15 is 0 Å². The van der Waals surface area contributed by atoms with Crippen LogP contribution in [0.25, 0.3) is 0 Å². The number of primary amides is 1. The van der Waals surface area contributed by atoms with Crippen LogP contribution in [0.15, 0.2) is 0 Å². The SMILES string of the molecule is CCC[C@H]1CCc2c(sc(NC(=O)[C@@H]3[C@@H]4CC[C@@H](C4)[C@@H]3C(=O)[O-])c2C(N)=O)C1. The van der Waals surface area contributed by atoms with Crippen LogP contribution in [0.3, 0.4) is 0 Å². The van der Waals surface area contributed by atoms with Crippen LogP contribution < -0.4 is 16.2 Å². The van der Waals surface area contributed by atoms with Crippen LogP contribution in [-0.4, -0.2) is 17.8 Å². The van der Waals surface area contributed by atoms with Crippen LogP contribution in [0, 0.1) is 29.6 Å². The van der Waals surface area contributed by atoms with E-state index in [4.69, 9.17) is 5.73 Å². The van der Waals surface area contributed by atoms with E-state index in [2.05, 4.69) is 12.2 Å². The van der Waals surface area contributed by atoms with Gasteiger partial charge in [0.15, 0.2) is 0 Å². The maximum absolute atomic E-state index is 13.0. The molecular formula is C21H27N2O4S-. The second kappa shape index (κ2) is 7.50. The number of amides is 2. The number of carbonyl (C=O) groups is 3. The molecule has 3 aliphatic carbocycles. The monoisotopic (exact) mass is 403 g/mol. The molecule has 7 heteroatoms. The first-order valence-corrected chi connectivity index (χ1v) is 11.2. The number of fused-ring (bicyclic) bond motifs is 3. The van der Waals surface area contributed by atoms with E-state index in [9.17, 15) is 19.5 Å². The van der Waals surface area contributed by atoms with Crippen molar-refractivity contribution in [3.05, 3.63) is 16.0 Å². The molecular weight excluding hydrogens is 376 g/mol. The summed E-state index contributed by atoms with van der Waals surface area (Å²) in [6.45, 7) is 2.17. The molecule has 1 aromatic rings.